The number of rotatable bonds is 4. The molecule has 3 N–H and O–H groups in total. The van der Waals surface area contributed by atoms with Crippen LogP contribution in [0.15, 0.2) is 22.9 Å². The van der Waals surface area contributed by atoms with E-state index in [1.54, 1.807) is 11.4 Å². The number of Topliss-reactive ketones (excluding diaryl/α,β-unsaturated/α-hetero) is 1. The average Bonchev–Trinajstić information content (AvgIpc) is 3.81. The standard InChI is InChI=1S/C14H19NO4S.C8H12O3.C6H7NO2S.CH4.K.H/c1-17-13(16)12-11(4-9-20-12)15-10-2-5-14(6-3-10)18-7-8-19-14;9-7-1-3-8(4-2-7)10-5-6-11-8;1-9-6(8)5-4(7)2-3-10-5;;;/h4,9-10,15H,2-3,5-8H2,1H3;1-6H2;2-3H,7H2,1H3;1H4;;/q;;;;+1;-1. The molecule has 2 aromatic heterocycles. The molecule has 2 aliphatic carbocycles. The van der Waals surface area contributed by atoms with Crippen LogP contribution in [0.2, 0.25) is 0 Å². The first-order chi connectivity index (χ1) is 19.8. The van der Waals surface area contributed by atoms with Gasteiger partial charge >= 0.3 is 63.3 Å². The summed E-state index contributed by atoms with van der Waals surface area (Å²) in [5, 5.41) is 7.11. The fraction of sp³-hybridized carbons (Fsp3) is 0.621. The summed E-state index contributed by atoms with van der Waals surface area (Å²) in [6.45, 7) is 2.78. The molecule has 2 aliphatic heterocycles. The number of nitrogens with one attached hydrogen (secondary N) is 1. The second kappa shape index (κ2) is 18.3. The van der Waals surface area contributed by atoms with E-state index in [4.69, 9.17) is 29.4 Å². The predicted molar refractivity (Wildman–Crippen MR) is 162 cm³/mol. The van der Waals surface area contributed by atoms with E-state index in [0.29, 0.717) is 66.5 Å². The third-order valence-corrected chi connectivity index (χ3v) is 9.21. The van der Waals surface area contributed by atoms with Gasteiger partial charge in [0.15, 0.2) is 11.6 Å². The number of thiophene rings is 2. The zero-order chi connectivity index (χ0) is 29.3. The molecular weight excluding hydrogens is 624 g/mol. The van der Waals surface area contributed by atoms with Crippen LogP contribution in [0.5, 0.6) is 0 Å². The molecule has 0 aromatic carbocycles. The van der Waals surface area contributed by atoms with Crippen LogP contribution in [-0.4, -0.2) is 76.0 Å². The molecule has 236 valence electrons. The normalized spacial score (nSPS) is 20.0. The molecule has 0 unspecified atom stereocenters. The minimum Gasteiger partial charge on any atom is -1.00 e. The molecule has 4 aliphatic rings. The van der Waals surface area contributed by atoms with Gasteiger partial charge in [-0.05, 0) is 35.7 Å². The van der Waals surface area contributed by atoms with Gasteiger partial charge in [0.1, 0.15) is 15.5 Å². The Morgan fingerprint density at radius 1 is 0.860 bits per heavy atom. The number of carbonyl (C=O) groups is 3. The molecule has 14 heteroatoms. The number of hydrogen-bond donors (Lipinski definition) is 2. The Kier molecular flexibility index (Phi) is 16.3. The summed E-state index contributed by atoms with van der Waals surface area (Å²) >= 11 is 2.69. The van der Waals surface area contributed by atoms with Crippen LogP contribution in [0, 0.1) is 0 Å². The maximum absolute atomic E-state index is 11.6. The Bertz CT molecular complexity index is 1160. The molecule has 4 heterocycles. The first kappa shape index (κ1) is 38.3. The minimum atomic E-state index is -0.368. The second-order valence-corrected chi connectivity index (χ2v) is 11.9. The summed E-state index contributed by atoms with van der Waals surface area (Å²) in [5.74, 6) is -1.01. The summed E-state index contributed by atoms with van der Waals surface area (Å²) in [5.41, 5.74) is 6.78. The number of anilines is 2. The van der Waals surface area contributed by atoms with Crippen LogP contribution in [-0.2, 0) is 33.2 Å². The number of methoxy groups -OCH3 is 2. The zero-order valence-corrected chi connectivity index (χ0v) is 29.2. The first-order valence-corrected chi connectivity index (χ1v) is 15.5. The fourth-order valence-corrected chi connectivity index (χ4v) is 6.66. The van der Waals surface area contributed by atoms with Crippen molar-refractivity contribution in [2.24, 2.45) is 0 Å². The Morgan fingerprint density at radius 2 is 1.33 bits per heavy atom. The van der Waals surface area contributed by atoms with Crippen molar-refractivity contribution >= 4 is 51.8 Å². The summed E-state index contributed by atoms with van der Waals surface area (Å²) in [6.07, 6.45) is 6.54. The third-order valence-electron chi connectivity index (χ3n) is 7.41. The van der Waals surface area contributed by atoms with Crippen molar-refractivity contribution < 1.29 is 95.6 Å². The molecule has 2 saturated heterocycles. The number of ketones is 1. The Balaban J connectivity index is 0.000000346. The smallest absolute Gasteiger partial charge is 1.00 e. The maximum Gasteiger partial charge on any atom is 1.00 e. The van der Waals surface area contributed by atoms with Crippen LogP contribution < -0.4 is 62.4 Å². The van der Waals surface area contributed by atoms with E-state index in [-0.39, 0.29) is 83.8 Å². The topological polar surface area (TPSA) is 145 Å². The molecule has 0 radical (unpaired) electrons. The van der Waals surface area contributed by atoms with Gasteiger partial charge in [-0.25, -0.2) is 9.59 Å². The quantitative estimate of drug-likeness (QED) is 0.367. The van der Waals surface area contributed by atoms with Gasteiger partial charge in [-0.1, -0.05) is 7.43 Å². The Morgan fingerprint density at radius 3 is 1.81 bits per heavy atom. The Hall–Kier alpha value is -0.914. The first-order valence-electron chi connectivity index (χ1n) is 13.7. The number of hydrogen-bond acceptors (Lipinski definition) is 13. The predicted octanol–water partition coefficient (Wildman–Crippen LogP) is 2.37. The number of ether oxygens (including phenoxy) is 6. The van der Waals surface area contributed by atoms with Gasteiger partial charge in [-0.3, -0.25) is 4.79 Å². The van der Waals surface area contributed by atoms with Crippen molar-refractivity contribution in [3.8, 4) is 0 Å². The van der Waals surface area contributed by atoms with Crippen LogP contribution in [0.1, 0.15) is 79.6 Å². The van der Waals surface area contributed by atoms with E-state index < -0.39 is 0 Å². The molecule has 0 atom stereocenters. The molecule has 0 amide bonds. The van der Waals surface area contributed by atoms with Crippen molar-refractivity contribution in [3.63, 3.8) is 0 Å². The maximum atomic E-state index is 11.6. The molecule has 2 spiro atoms. The Labute approximate surface area is 305 Å². The third kappa shape index (κ3) is 10.6. The van der Waals surface area contributed by atoms with Gasteiger partial charge in [-0.2, -0.15) is 0 Å². The largest absolute Gasteiger partial charge is 1.00 e. The molecule has 4 fully saturated rings. The van der Waals surface area contributed by atoms with E-state index in [1.165, 1.54) is 36.9 Å². The van der Waals surface area contributed by atoms with E-state index in [9.17, 15) is 14.4 Å². The van der Waals surface area contributed by atoms with E-state index in [1.807, 2.05) is 11.4 Å². The van der Waals surface area contributed by atoms with Gasteiger partial charge in [0.25, 0.3) is 0 Å². The monoisotopic (exact) mass is 666 g/mol. The molecule has 11 nitrogen and oxygen atoms in total. The zero-order valence-electron chi connectivity index (χ0n) is 25.4. The van der Waals surface area contributed by atoms with Crippen molar-refractivity contribution in [1.82, 2.24) is 0 Å². The number of esters is 2. The summed E-state index contributed by atoms with van der Waals surface area (Å²) in [7, 11) is 2.74. The molecule has 43 heavy (non-hydrogen) atoms. The number of nitrogen functional groups attached to an aromatic ring is 1. The molecule has 2 aromatic rings. The van der Waals surface area contributed by atoms with E-state index in [0.717, 1.165) is 44.2 Å². The molecule has 2 saturated carbocycles. The van der Waals surface area contributed by atoms with Gasteiger partial charge in [-0.15, -0.1) is 22.7 Å². The van der Waals surface area contributed by atoms with Gasteiger partial charge < -0.3 is 40.9 Å². The molecule has 6 rings (SSSR count). The van der Waals surface area contributed by atoms with Gasteiger partial charge in [0.05, 0.1) is 52.0 Å². The van der Waals surface area contributed by atoms with E-state index in [2.05, 4.69) is 10.1 Å². The number of carbonyl (C=O) groups excluding carboxylic acids is 3. The van der Waals surface area contributed by atoms with Crippen LogP contribution in [0.3, 0.4) is 0 Å². The van der Waals surface area contributed by atoms with Crippen LogP contribution in [0.4, 0.5) is 11.4 Å². The van der Waals surface area contributed by atoms with Gasteiger partial charge in [0.2, 0.25) is 0 Å². The van der Waals surface area contributed by atoms with Crippen molar-refractivity contribution in [2.45, 2.75) is 76.4 Å². The van der Waals surface area contributed by atoms with Crippen LogP contribution >= 0.6 is 22.7 Å². The summed E-state index contributed by atoms with van der Waals surface area (Å²) < 4.78 is 31.6. The average molecular weight is 667 g/mol. The molecule has 0 bridgehead atoms. The van der Waals surface area contributed by atoms with Crippen molar-refractivity contribution in [3.05, 3.63) is 32.6 Å². The van der Waals surface area contributed by atoms with Gasteiger partial charge in [0, 0.05) is 44.6 Å². The minimum absolute atomic E-state index is 0. The van der Waals surface area contributed by atoms with Crippen molar-refractivity contribution in [2.75, 3.05) is 51.7 Å². The second-order valence-electron chi connectivity index (χ2n) is 10.0. The molecular formula is C29H43KN2O9S2. The summed E-state index contributed by atoms with van der Waals surface area (Å²) in [4.78, 5) is 34.5. The van der Waals surface area contributed by atoms with Crippen molar-refractivity contribution in [1.29, 1.82) is 0 Å². The van der Waals surface area contributed by atoms with E-state index >= 15 is 0 Å². The fourth-order valence-electron chi connectivity index (χ4n) is 5.15. The number of nitrogens with two attached hydrogens (primary N) is 1. The van der Waals surface area contributed by atoms with Crippen LogP contribution in [0.25, 0.3) is 0 Å². The summed E-state index contributed by atoms with van der Waals surface area (Å²) in [6, 6.07) is 3.97. The SMILES string of the molecule is C.COC(=O)c1sccc1N.COC(=O)c1sccc1NC1CCC2(CC1)OCCO2.O=C1CCC2(CC1)OCCO2.[H-].[K+].